The molecule has 1 atom stereocenters. The summed E-state index contributed by atoms with van der Waals surface area (Å²) in [4.78, 5) is 24.8. The minimum atomic E-state index is -0.420. The van der Waals surface area contributed by atoms with Crippen LogP contribution < -0.4 is 10.6 Å². The fourth-order valence-corrected chi connectivity index (χ4v) is 3.36. The number of carbonyl (C=O) groups excluding carboxylic acids is 2. The van der Waals surface area contributed by atoms with E-state index in [1.165, 1.54) is 12.8 Å². The van der Waals surface area contributed by atoms with Gasteiger partial charge in [0, 0.05) is 18.7 Å². The second-order valence-electron chi connectivity index (χ2n) is 7.71. The van der Waals surface area contributed by atoms with E-state index >= 15 is 0 Å². The molecule has 29 heavy (non-hydrogen) atoms. The Labute approximate surface area is 172 Å². The zero-order valence-electron chi connectivity index (χ0n) is 17.2. The van der Waals surface area contributed by atoms with Crippen molar-refractivity contribution in [1.82, 2.24) is 10.6 Å². The Morgan fingerprint density at radius 2 is 1.72 bits per heavy atom. The van der Waals surface area contributed by atoms with Gasteiger partial charge >= 0.3 is 6.09 Å². The number of rotatable bonds is 9. The highest BCUT2D eigenvalue weighted by molar-refractivity contribution is 6.01. The number of carbonyl (C=O) groups is 2. The first-order chi connectivity index (χ1) is 14.1. The van der Waals surface area contributed by atoms with Crippen molar-refractivity contribution in [3.8, 4) is 11.1 Å². The molecular weight excluding hydrogens is 364 g/mol. The van der Waals surface area contributed by atoms with Crippen molar-refractivity contribution < 1.29 is 14.3 Å². The van der Waals surface area contributed by atoms with Crippen LogP contribution in [0, 0.1) is 5.92 Å². The molecule has 1 fully saturated rings. The first-order valence-corrected chi connectivity index (χ1v) is 10.5. The molecule has 0 aliphatic heterocycles. The summed E-state index contributed by atoms with van der Waals surface area (Å²) in [5.74, 6) is 0.576. The van der Waals surface area contributed by atoms with Gasteiger partial charge in [-0.15, -0.1) is 0 Å². The quantitative estimate of drug-likeness (QED) is 0.635. The predicted molar refractivity (Wildman–Crippen MR) is 115 cm³/mol. The molecule has 5 nitrogen and oxygen atoms in total. The van der Waals surface area contributed by atoms with Crippen LogP contribution in [-0.2, 0) is 11.3 Å². The van der Waals surface area contributed by atoms with E-state index in [0.29, 0.717) is 18.0 Å². The summed E-state index contributed by atoms with van der Waals surface area (Å²) < 4.78 is 5.37. The molecule has 1 saturated carbocycles. The highest BCUT2D eigenvalue weighted by Gasteiger charge is 2.23. The Balaban J connectivity index is 1.73. The van der Waals surface area contributed by atoms with Gasteiger partial charge < -0.3 is 15.4 Å². The molecule has 1 unspecified atom stereocenters. The van der Waals surface area contributed by atoms with Gasteiger partial charge in [-0.2, -0.15) is 0 Å². The summed E-state index contributed by atoms with van der Waals surface area (Å²) in [5.41, 5.74) is 3.40. The second-order valence-corrected chi connectivity index (χ2v) is 7.71. The summed E-state index contributed by atoms with van der Waals surface area (Å²) >= 11 is 0. The Morgan fingerprint density at radius 1 is 1.03 bits per heavy atom. The number of ether oxygens (including phenoxy) is 1. The van der Waals surface area contributed by atoms with Crippen molar-refractivity contribution in [3.05, 3.63) is 59.7 Å². The maximum Gasteiger partial charge on any atom is 0.407 e. The van der Waals surface area contributed by atoms with Gasteiger partial charge in [-0.25, -0.2) is 4.79 Å². The van der Waals surface area contributed by atoms with Gasteiger partial charge in [-0.1, -0.05) is 55.8 Å². The molecule has 0 radical (unpaired) electrons. The average molecular weight is 395 g/mol. The first-order valence-electron chi connectivity index (χ1n) is 10.5. The lowest BCUT2D eigenvalue weighted by molar-refractivity contribution is 0.0951. The molecule has 5 heteroatoms. The van der Waals surface area contributed by atoms with E-state index in [2.05, 4.69) is 17.6 Å². The molecular formula is C24H30N2O3. The van der Waals surface area contributed by atoms with Crippen LogP contribution in [0.3, 0.4) is 0 Å². The van der Waals surface area contributed by atoms with E-state index in [0.717, 1.165) is 36.1 Å². The summed E-state index contributed by atoms with van der Waals surface area (Å²) in [6.07, 6.45) is 3.68. The standard InChI is InChI=1S/C24H30N2O3/c1-3-8-17(2)29-24(28)26-16-19-9-4-5-10-20(19)21-11-6-7-12-22(21)23(27)25-15-18-13-14-18/h4-7,9-12,17-18H,3,8,13-16H2,1-2H3,(H,25,27)(H,26,28). The van der Waals surface area contributed by atoms with E-state index in [1.807, 2.05) is 55.5 Å². The number of hydrogen-bond donors (Lipinski definition) is 2. The maximum atomic E-state index is 12.7. The highest BCUT2D eigenvalue weighted by atomic mass is 16.6. The number of hydrogen-bond acceptors (Lipinski definition) is 3. The fraction of sp³-hybridized carbons (Fsp3) is 0.417. The largest absolute Gasteiger partial charge is 0.447 e. The van der Waals surface area contributed by atoms with Crippen LogP contribution in [0.15, 0.2) is 48.5 Å². The fourth-order valence-electron chi connectivity index (χ4n) is 3.36. The van der Waals surface area contributed by atoms with Gasteiger partial charge in [0.15, 0.2) is 0 Å². The van der Waals surface area contributed by atoms with Gasteiger partial charge in [0.2, 0.25) is 0 Å². The minimum absolute atomic E-state index is 0.0527. The van der Waals surface area contributed by atoms with E-state index in [4.69, 9.17) is 4.74 Å². The summed E-state index contributed by atoms with van der Waals surface area (Å²) in [6, 6.07) is 15.4. The van der Waals surface area contributed by atoms with Gasteiger partial charge in [0.1, 0.15) is 6.10 Å². The van der Waals surface area contributed by atoms with Crippen LogP contribution in [0.2, 0.25) is 0 Å². The van der Waals surface area contributed by atoms with Crippen LogP contribution >= 0.6 is 0 Å². The lowest BCUT2D eigenvalue weighted by Gasteiger charge is -2.16. The Morgan fingerprint density at radius 3 is 2.45 bits per heavy atom. The van der Waals surface area contributed by atoms with Crippen molar-refractivity contribution in [2.75, 3.05) is 6.54 Å². The minimum Gasteiger partial charge on any atom is -0.447 e. The van der Waals surface area contributed by atoms with Crippen LogP contribution in [-0.4, -0.2) is 24.6 Å². The molecule has 2 N–H and O–H groups in total. The van der Waals surface area contributed by atoms with Crippen molar-refractivity contribution >= 4 is 12.0 Å². The van der Waals surface area contributed by atoms with Crippen LogP contribution in [0.4, 0.5) is 4.79 Å². The SMILES string of the molecule is CCCC(C)OC(=O)NCc1ccccc1-c1ccccc1C(=O)NCC1CC1. The number of nitrogens with one attached hydrogen (secondary N) is 2. The van der Waals surface area contributed by atoms with E-state index < -0.39 is 6.09 Å². The molecule has 2 aromatic rings. The maximum absolute atomic E-state index is 12.7. The predicted octanol–water partition coefficient (Wildman–Crippen LogP) is 4.91. The topological polar surface area (TPSA) is 67.4 Å². The smallest absolute Gasteiger partial charge is 0.407 e. The summed E-state index contributed by atoms with van der Waals surface area (Å²) in [7, 11) is 0. The molecule has 0 saturated heterocycles. The molecule has 0 spiro atoms. The number of benzene rings is 2. The van der Waals surface area contributed by atoms with Crippen molar-refractivity contribution in [3.63, 3.8) is 0 Å². The number of amides is 2. The molecule has 2 aromatic carbocycles. The van der Waals surface area contributed by atoms with E-state index in [-0.39, 0.29) is 12.0 Å². The third kappa shape index (κ3) is 6.08. The third-order valence-electron chi connectivity index (χ3n) is 5.15. The normalized spacial score (nSPS) is 14.1. The van der Waals surface area contributed by atoms with Crippen LogP contribution in [0.5, 0.6) is 0 Å². The Hall–Kier alpha value is -2.82. The van der Waals surface area contributed by atoms with Crippen LogP contribution in [0.1, 0.15) is 55.5 Å². The molecule has 3 rings (SSSR count). The molecule has 1 aliphatic rings. The number of alkyl carbamates (subject to hydrolysis) is 1. The van der Waals surface area contributed by atoms with Gasteiger partial charge in [0.25, 0.3) is 5.91 Å². The Kier molecular flexibility index (Phi) is 7.28. The van der Waals surface area contributed by atoms with E-state index in [1.54, 1.807) is 0 Å². The lowest BCUT2D eigenvalue weighted by Crippen LogP contribution is -2.28. The van der Waals surface area contributed by atoms with Crippen LogP contribution in [0.25, 0.3) is 11.1 Å². The molecule has 1 aliphatic carbocycles. The van der Waals surface area contributed by atoms with Crippen molar-refractivity contribution in [2.45, 2.75) is 52.2 Å². The monoisotopic (exact) mass is 394 g/mol. The summed E-state index contributed by atoms with van der Waals surface area (Å²) in [6.45, 7) is 5.03. The summed E-state index contributed by atoms with van der Waals surface area (Å²) in [5, 5.41) is 5.88. The molecule has 0 aromatic heterocycles. The zero-order valence-corrected chi connectivity index (χ0v) is 17.2. The van der Waals surface area contributed by atoms with Crippen molar-refractivity contribution in [1.29, 1.82) is 0 Å². The van der Waals surface area contributed by atoms with Gasteiger partial charge in [-0.3, -0.25) is 4.79 Å². The van der Waals surface area contributed by atoms with Gasteiger partial charge in [-0.05, 0) is 54.9 Å². The Bertz CT molecular complexity index is 846. The highest BCUT2D eigenvalue weighted by Crippen LogP contribution is 2.29. The second kappa shape index (κ2) is 10.1. The molecule has 154 valence electrons. The zero-order chi connectivity index (χ0) is 20.6. The molecule has 0 bridgehead atoms. The van der Waals surface area contributed by atoms with Crippen molar-refractivity contribution in [2.24, 2.45) is 5.92 Å². The lowest BCUT2D eigenvalue weighted by atomic mass is 9.95. The first kappa shape index (κ1) is 20.9. The molecule has 2 amide bonds. The third-order valence-corrected chi connectivity index (χ3v) is 5.15. The molecule has 0 heterocycles. The average Bonchev–Trinajstić information content (AvgIpc) is 3.55. The van der Waals surface area contributed by atoms with E-state index in [9.17, 15) is 9.59 Å². The van der Waals surface area contributed by atoms with Gasteiger partial charge in [0.05, 0.1) is 0 Å².